The van der Waals surface area contributed by atoms with Gasteiger partial charge < -0.3 is 5.11 Å². The third kappa shape index (κ3) is 2.74. The summed E-state index contributed by atoms with van der Waals surface area (Å²) in [5.41, 5.74) is 1.40. The quantitative estimate of drug-likeness (QED) is 0.871. The molecule has 18 heavy (non-hydrogen) atoms. The average Bonchev–Trinajstić information content (AvgIpc) is 2.99. The highest BCUT2D eigenvalue weighted by Gasteiger charge is 2.31. The van der Waals surface area contributed by atoms with E-state index in [4.69, 9.17) is 0 Å². The molecule has 2 fully saturated rings. The highest BCUT2D eigenvalue weighted by molar-refractivity contribution is 5.14. The normalized spacial score (nSPS) is 30.1. The Morgan fingerprint density at radius 1 is 1.06 bits per heavy atom. The largest absolute Gasteiger partial charge is 0.392 e. The van der Waals surface area contributed by atoms with Gasteiger partial charge in [0.05, 0.1) is 6.10 Å². The van der Waals surface area contributed by atoms with Crippen LogP contribution >= 0.6 is 0 Å². The van der Waals surface area contributed by atoms with Crippen molar-refractivity contribution >= 4 is 0 Å². The van der Waals surface area contributed by atoms with Crippen LogP contribution in [0, 0.1) is 0 Å². The third-order valence-electron chi connectivity index (χ3n) is 4.21. The Kier molecular flexibility index (Phi) is 3.64. The summed E-state index contributed by atoms with van der Waals surface area (Å²) in [5, 5.41) is 9.61. The fraction of sp³-hybridized carbons (Fsp3) is 0.600. The van der Waals surface area contributed by atoms with Crippen LogP contribution in [0.1, 0.15) is 18.4 Å². The van der Waals surface area contributed by atoms with Crippen LogP contribution in [0.5, 0.6) is 0 Å². The van der Waals surface area contributed by atoms with Gasteiger partial charge in [-0.1, -0.05) is 30.3 Å². The first kappa shape index (κ1) is 12.2. The predicted octanol–water partition coefficient (Wildman–Crippen LogP) is 1.33. The van der Waals surface area contributed by atoms with Gasteiger partial charge in [0.2, 0.25) is 0 Å². The second-order valence-corrected chi connectivity index (χ2v) is 5.60. The molecular weight excluding hydrogens is 224 g/mol. The molecule has 2 saturated heterocycles. The minimum absolute atomic E-state index is 0.0897. The number of benzene rings is 1. The van der Waals surface area contributed by atoms with Crippen LogP contribution in [0.4, 0.5) is 0 Å². The molecule has 0 radical (unpaired) electrons. The van der Waals surface area contributed by atoms with E-state index in [2.05, 4.69) is 40.1 Å². The highest BCUT2D eigenvalue weighted by atomic mass is 16.3. The lowest BCUT2D eigenvalue weighted by Gasteiger charge is -2.23. The molecule has 1 unspecified atom stereocenters. The fourth-order valence-electron chi connectivity index (χ4n) is 3.20. The van der Waals surface area contributed by atoms with E-state index < -0.39 is 0 Å². The minimum atomic E-state index is -0.0897. The van der Waals surface area contributed by atoms with Gasteiger partial charge in [-0.25, -0.2) is 0 Å². The molecule has 98 valence electrons. The molecule has 3 heteroatoms. The molecule has 0 aromatic heterocycles. The van der Waals surface area contributed by atoms with E-state index in [0.717, 1.165) is 32.6 Å². The molecule has 2 heterocycles. The molecule has 2 atom stereocenters. The Morgan fingerprint density at radius 2 is 1.89 bits per heavy atom. The fourth-order valence-corrected chi connectivity index (χ4v) is 3.20. The van der Waals surface area contributed by atoms with Crippen LogP contribution in [0.2, 0.25) is 0 Å². The molecule has 2 aliphatic heterocycles. The summed E-state index contributed by atoms with van der Waals surface area (Å²) in [6, 6.07) is 11.4. The summed E-state index contributed by atoms with van der Waals surface area (Å²) < 4.78 is 0. The Hall–Kier alpha value is -0.900. The van der Waals surface area contributed by atoms with Crippen LogP contribution < -0.4 is 0 Å². The number of rotatable bonds is 3. The lowest BCUT2D eigenvalue weighted by molar-refractivity contribution is 0.158. The first-order valence-electron chi connectivity index (χ1n) is 6.99. The predicted molar refractivity (Wildman–Crippen MR) is 72.3 cm³/mol. The molecule has 0 aliphatic carbocycles. The van der Waals surface area contributed by atoms with Crippen molar-refractivity contribution in [2.45, 2.75) is 31.5 Å². The van der Waals surface area contributed by atoms with Gasteiger partial charge in [0.1, 0.15) is 0 Å². The second-order valence-electron chi connectivity index (χ2n) is 5.60. The summed E-state index contributed by atoms with van der Waals surface area (Å²) in [7, 11) is 0. The van der Waals surface area contributed by atoms with Crippen molar-refractivity contribution in [3.8, 4) is 0 Å². The molecule has 3 nitrogen and oxygen atoms in total. The van der Waals surface area contributed by atoms with Crippen LogP contribution in [-0.2, 0) is 6.54 Å². The topological polar surface area (TPSA) is 26.7 Å². The van der Waals surface area contributed by atoms with Crippen molar-refractivity contribution in [1.82, 2.24) is 9.80 Å². The number of β-amino-alcohol motifs (C(OH)–C–C–N with tert-alkyl or cyclic N) is 1. The lowest BCUT2D eigenvalue weighted by Crippen LogP contribution is -2.36. The Labute approximate surface area is 109 Å². The monoisotopic (exact) mass is 246 g/mol. The van der Waals surface area contributed by atoms with Gasteiger partial charge in [0.25, 0.3) is 0 Å². The molecular formula is C15H22N2O. The van der Waals surface area contributed by atoms with Gasteiger partial charge in [0, 0.05) is 38.8 Å². The van der Waals surface area contributed by atoms with Gasteiger partial charge in [-0.2, -0.15) is 0 Å². The number of aliphatic hydroxyl groups is 1. The first-order chi connectivity index (χ1) is 8.81. The standard InChI is InChI=1S/C15H22N2O/c18-15-7-9-17(12-15)14-6-8-16(11-14)10-13-4-2-1-3-5-13/h1-5,14-15,18H,6-12H2/t14?,15-/m1/s1. The molecule has 1 aromatic rings. The number of aliphatic hydroxyl groups excluding tert-OH is 1. The van der Waals surface area contributed by atoms with E-state index in [1.807, 2.05) is 0 Å². The van der Waals surface area contributed by atoms with Crippen molar-refractivity contribution in [3.05, 3.63) is 35.9 Å². The number of nitrogens with zero attached hydrogens (tertiary/aromatic N) is 2. The van der Waals surface area contributed by atoms with Crippen LogP contribution in [-0.4, -0.2) is 53.2 Å². The van der Waals surface area contributed by atoms with Crippen molar-refractivity contribution in [2.24, 2.45) is 0 Å². The zero-order valence-corrected chi connectivity index (χ0v) is 10.8. The molecule has 0 saturated carbocycles. The Morgan fingerprint density at radius 3 is 2.61 bits per heavy atom. The maximum absolute atomic E-state index is 9.61. The Balaban J connectivity index is 1.52. The van der Waals surface area contributed by atoms with Gasteiger partial charge in [-0.05, 0) is 18.4 Å². The van der Waals surface area contributed by atoms with E-state index in [1.165, 1.54) is 18.5 Å². The van der Waals surface area contributed by atoms with Crippen LogP contribution in [0.3, 0.4) is 0 Å². The van der Waals surface area contributed by atoms with Gasteiger partial charge in [-0.15, -0.1) is 0 Å². The molecule has 2 aliphatic rings. The lowest BCUT2D eigenvalue weighted by atomic mass is 10.2. The van der Waals surface area contributed by atoms with E-state index in [-0.39, 0.29) is 6.10 Å². The van der Waals surface area contributed by atoms with E-state index >= 15 is 0 Å². The number of hydrogen-bond acceptors (Lipinski definition) is 3. The first-order valence-corrected chi connectivity index (χ1v) is 6.99. The minimum Gasteiger partial charge on any atom is -0.392 e. The second kappa shape index (κ2) is 5.39. The van der Waals surface area contributed by atoms with Gasteiger partial charge in [0.15, 0.2) is 0 Å². The third-order valence-corrected chi connectivity index (χ3v) is 4.21. The summed E-state index contributed by atoms with van der Waals surface area (Å²) >= 11 is 0. The molecule has 1 aromatic carbocycles. The summed E-state index contributed by atoms with van der Waals surface area (Å²) in [6.07, 6.45) is 2.11. The van der Waals surface area contributed by atoms with Crippen molar-refractivity contribution in [3.63, 3.8) is 0 Å². The van der Waals surface area contributed by atoms with Gasteiger partial charge in [-0.3, -0.25) is 9.80 Å². The smallest absolute Gasteiger partial charge is 0.0679 e. The SMILES string of the molecule is O[C@@H]1CCN(C2CCN(Cc3ccccc3)C2)C1. The zero-order valence-electron chi connectivity index (χ0n) is 10.8. The van der Waals surface area contributed by atoms with E-state index in [9.17, 15) is 5.11 Å². The highest BCUT2D eigenvalue weighted by Crippen LogP contribution is 2.21. The van der Waals surface area contributed by atoms with Crippen LogP contribution in [0.25, 0.3) is 0 Å². The van der Waals surface area contributed by atoms with Crippen molar-refractivity contribution in [1.29, 1.82) is 0 Å². The maximum atomic E-state index is 9.61. The Bertz CT molecular complexity index is 381. The van der Waals surface area contributed by atoms with Crippen molar-refractivity contribution in [2.75, 3.05) is 26.2 Å². The molecule has 0 spiro atoms. The summed E-state index contributed by atoms with van der Waals surface area (Å²) in [4.78, 5) is 5.00. The maximum Gasteiger partial charge on any atom is 0.0679 e. The van der Waals surface area contributed by atoms with E-state index in [1.54, 1.807) is 0 Å². The summed E-state index contributed by atoms with van der Waals surface area (Å²) in [5.74, 6) is 0. The number of likely N-dealkylation sites (tertiary alicyclic amines) is 2. The zero-order chi connectivity index (χ0) is 12.4. The molecule has 3 rings (SSSR count). The summed E-state index contributed by atoms with van der Waals surface area (Å²) in [6.45, 7) is 5.36. The van der Waals surface area contributed by atoms with Crippen molar-refractivity contribution < 1.29 is 5.11 Å². The van der Waals surface area contributed by atoms with Crippen LogP contribution in [0.15, 0.2) is 30.3 Å². The average molecular weight is 246 g/mol. The van der Waals surface area contributed by atoms with E-state index in [0.29, 0.717) is 6.04 Å². The van der Waals surface area contributed by atoms with Gasteiger partial charge >= 0.3 is 0 Å². The molecule has 0 amide bonds. The molecule has 1 N–H and O–H groups in total. The molecule has 0 bridgehead atoms. The number of hydrogen-bond donors (Lipinski definition) is 1.